The van der Waals surface area contributed by atoms with Gasteiger partial charge in [-0.25, -0.2) is 4.79 Å². The minimum Gasteiger partial charge on any atom is -0.497 e. The molecule has 3 heteroatoms. The Balaban J connectivity index is 2.18. The lowest BCUT2D eigenvalue weighted by molar-refractivity contribution is 0.0733. The first kappa shape index (κ1) is 13.1. The topological polar surface area (TPSA) is 35.5 Å². The third-order valence-corrected chi connectivity index (χ3v) is 3.08. The summed E-state index contributed by atoms with van der Waals surface area (Å²) >= 11 is 0. The molecule has 0 radical (unpaired) electrons. The largest absolute Gasteiger partial charge is 0.497 e. The molecular weight excluding hydrogens is 240 g/mol. The van der Waals surface area contributed by atoms with Gasteiger partial charge in [-0.05, 0) is 55.3 Å². The molecule has 0 aliphatic rings. The van der Waals surface area contributed by atoms with E-state index in [0.29, 0.717) is 17.1 Å². The van der Waals surface area contributed by atoms with E-state index in [2.05, 4.69) is 0 Å². The van der Waals surface area contributed by atoms with Crippen LogP contribution in [0.5, 0.6) is 11.5 Å². The normalized spacial score (nSPS) is 10.1. The highest BCUT2D eigenvalue weighted by molar-refractivity contribution is 5.91. The zero-order valence-electron chi connectivity index (χ0n) is 11.3. The number of hydrogen-bond donors (Lipinski definition) is 0. The van der Waals surface area contributed by atoms with Crippen LogP contribution in [-0.2, 0) is 0 Å². The van der Waals surface area contributed by atoms with Crippen molar-refractivity contribution >= 4 is 5.97 Å². The van der Waals surface area contributed by atoms with Crippen molar-refractivity contribution in [3.8, 4) is 11.5 Å². The summed E-state index contributed by atoms with van der Waals surface area (Å²) in [5, 5.41) is 0. The lowest BCUT2D eigenvalue weighted by Gasteiger charge is -2.09. The number of benzene rings is 2. The highest BCUT2D eigenvalue weighted by Crippen LogP contribution is 2.22. The van der Waals surface area contributed by atoms with Crippen molar-refractivity contribution in [2.24, 2.45) is 0 Å². The Bertz CT molecular complexity index is 585. The van der Waals surface area contributed by atoms with Gasteiger partial charge in [0.15, 0.2) is 0 Å². The van der Waals surface area contributed by atoms with Gasteiger partial charge in [-0.3, -0.25) is 0 Å². The van der Waals surface area contributed by atoms with Crippen molar-refractivity contribution in [2.45, 2.75) is 13.8 Å². The van der Waals surface area contributed by atoms with Crippen LogP contribution in [0.4, 0.5) is 0 Å². The molecule has 19 heavy (non-hydrogen) atoms. The van der Waals surface area contributed by atoms with Crippen molar-refractivity contribution in [1.29, 1.82) is 0 Å². The standard InChI is InChI=1S/C16H16O3/c1-11-5-4-6-15(12(11)2)19-16(17)13-7-9-14(18-3)10-8-13/h4-10H,1-3H3. The molecule has 0 N–H and O–H groups in total. The number of ether oxygens (including phenoxy) is 2. The molecule has 0 aromatic heterocycles. The molecule has 0 atom stereocenters. The summed E-state index contributed by atoms with van der Waals surface area (Å²) in [6.45, 7) is 3.92. The van der Waals surface area contributed by atoms with Gasteiger partial charge in [0.2, 0.25) is 0 Å². The second-order valence-corrected chi connectivity index (χ2v) is 4.32. The average Bonchev–Trinajstić information content (AvgIpc) is 2.44. The maximum atomic E-state index is 12.0. The van der Waals surface area contributed by atoms with Gasteiger partial charge in [-0.1, -0.05) is 12.1 Å². The Morgan fingerprint density at radius 2 is 1.68 bits per heavy atom. The van der Waals surface area contributed by atoms with E-state index in [1.54, 1.807) is 37.4 Å². The molecule has 0 aliphatic heterocycles. The summed E-state index contributed by atoms with van der Waals surface area (Å²) in [5.74, 6) is 0.945. The quantitative estimate of drug-likeness (QED) is 0.622. The van der Waals surface area contributed by atoms with E-state index in [0.717, 1.165) is 11.1 Å². The van der Waals surface area contributed by atoms with E-state index in [1.165, 1.54) is 0 Å². The lowest BCUT2D eigenvalue weighted by atomic mass is 10.1. The Labute approximate surface area is 112 Å². The molecule has 0 saturated carbocycles. The molecule has 2 aromatic carbocycles. The SMILES string of the molecule is COc1ccc(C(=O)Oc2cccc(C)c2C)cc1. The second-order valence-electron chi connectivity index (χ2n) is 4.32. The van der Waals surface area contributed by atoms with E-state index in [1.807, 2.05) is 26.0 Å². The van der Waals surface area contributed by atoms with Crippen molar-refractivity contribution in [3.05, 3.63) is 59.2 Å². The first-order valence-corrected chi connectivity index (χ1v) is 6.04. The highest BCUT2D eigenvalue weighted by atomic mass is 16.5. The van der Waals surface area contributed by atoms with Crippen LogP contribution >= 0.6 is 0 Å². The number of hydrogen-bond acceptors (Lipinski definition) is 3. The number of methoxy groups -OCH3 is 1. The second kappa shape index (κ2) is 5.57. The molecule has 0 bridgehead atoms. The number of rotatable bonds is 3. The Kier molecular flexibility index (Phi) is 3.85. The summed E-state index contributed by atoms with van der Waals surface area (Å²) in [4.78, 5) is 12.0. The van der Waals surface area contributed by atoms with E-state index in [4.69, 9.17) is 9.47 Å². The van der Waals surface area contributed by atoms with Crippen LogP contribution < -0.4 is 9.47 Å². The molecule has 3 nitrogen and oxygen atoms in total. The summed E-state index contributed by atoms with van der Waals surface area (Å²) in [6.07, 6.45) is 0. The predicted molar refractivity (Wildman–Crippen MR) is 73.9 cm³/mol. The number of carbonyl (C=O) groups excluding carboxylic acids is 1. The fourth-order valence-corrected chi connectivity index (χ4v) is 1.72. The van der Waals surface area contributed by atoms with E-state index in [9.17, 15) is 4.79 Å². The van der Waals surface area contributed by atoms with Gasteiger partial charge >= 0.3 is 5.97 Å². The van der Waals surface area contributed by atoms with Gasteiger partial charge in [-0.15, -0.1) is 0 Å². The van der Waals surface area contributed by atoms with Gasteiger partial charge in [0.1, 0.15) is 11.5 Å². The fourth-order valence-electron chi connectivity index (χ4n) is 1.72. The monoisotopic (exact) mass is 256 g/mol. The van der Waals surface area contributed by atoms with Gasteiger partial charge in [0, 0.05) is 0 Å². The molecule has 0 saturated heterocycles. The molecular formula is C16H16O3. The Morgan fingerprint density at radius 1 is 1.00 bits per heavy atom. The minimum absolute atomic E-state index is 0.364. The van der Waals surface area contributed by atoms with Crippen LogP contribution in [-0.4, -0.2) is 13.1 Å². The fraction of sp³-hybridized carbons (Fsp3) is 0.188. The molecule has 0 spiro atoms. The maximum absolute atomic E-state index is 12.0. The van der Waals surface area contributed by atoms with Crippen molar-refractivity contribution in [1.82, 2.24) is 0 Å². The minimum atomic E-state index is -0.364. The van der Waals surface area contributed by atoms with Gasteiger partial charge in [0.05, 0.1) is 12.7 Å². The summed E-state index contributed by atoms with van der Waals surface area (Å²) in [7, 11) is 1.59. The molecule has 2 aromatic rings. The maximum Gasteiger partial charge on any atom is 0.343 e. The van der Waals surface area contributed by atoms with Crippen molar-refractivity contribution in [3.63, 3.8) is 0 Å². The van der Waals surface area contributed by atoms with Crippen LogP contribution in [0.3, 0.4) is 0 Å². The van der Waals surface area contributed by atoms with Crippen LogP contribution in [0, 0.1) is 13.8 Å². The highest BCUT2D eigenvalue weighted by Gasteiger charge is 2.10. The van der Waals surface area contributed by atoms with E-state index in [-0.39, 0.29) is 5.97 Å². The summed E-state index contributed by atoms with van der Waals surface area (Å²) < 4.78 is 10.5. The first-order chi connectivity index (χ1) is 9.11. The first-order valence-electron chi connectivity index (χ1n) is 6.04. The van der Waals surface area contributed by atoms with E-state index >= 15 is 0 Å². The van der Waals surface area contributed by atoms with Crippen LogP contribution in [0.25, 0.3) is 0 Å². The average molecular weight is 256 g/mol. The number of carbonyl (C=O) groups is 1. The zero-order valence-corrected chi connectivity index (χ0v) is 11.3. The van der Waals surface area contributed by atoms with Crippen molar-refractivity contribution < 1.29 is 14.3 Å². The molecule has 0 amide bonds. The van der Waals surface area contributed by atoms with E-state index < -0.39 is 0 Å². The van der Waals surface area contributed by atoms with Gasteiger partial charge in [0.25, 0.3) is 0 Å². The van der Waals surface area contributed by atoms with Gasteiger partial charge in [-0.2, -0.15) is 0 Å². The van der Waals surface area contributed by atoms with Gasteiger partial charge < -0.3 is 9.47 Å². The predicted octanol–water partition coefficient (Wildman–Crippen LogP) is 3.53. The Morgan fingerprint density at radius 3 is 2.32 bits per heavy atom. The van der Waals surface area contributed by atoms with Crippen LogP contribution in [0.1, 0.15) is 21.5 Å². The zero-order chi connectivity index (χ0) is 13.8. The lowest BCUT2D eigenvalue weighted by Crippen LogP contribution is -2.09. The van der Waals surface area contributed by atoms with Crippen molar-refractivity contribution in [2.75, 3.05) is 7.11 Å². The summed E-state index contributed by atoms with van der Waals surface area (Å²) in [6, 6.07) is 12.5. The summed E-state index contributed by atoms with van der Waals surface area (Å²) in [5.41, 5.74) is 2.58. The molecule has 0 aliphatic carbocycles. The number of aryl methyl sites for hydroxylation is 1. The molecule has 0 fully saturated rings. The Hall–Kier alpha value is -2.29. The smallest absolute Gasteiger partial charge is 0.343 e. The molecule has 98 valence electrons. The molecule has 0 heterocycles. The molecule has 0 unspecified atom stereocenters. The number of esters is 1. The third-order valence-electron chi connectivity index (χ3n) is 3.08. The third kappa shape index (κ3) is 2.94. The van der Waals surface area contributed by atoms with Crippen LogP contribution in [0.15, 0.2) is 42.5 Å². The molecule has 2 rings (SSSR count). The van der Waals surface area contributed by atoms with Crippen LogP contribution in [0.2, 0.25) is 0 Å².